The molecule has 22 heteroatoms. The summed E-state index contributed by atoms with van der Waals surface area (Å²) < 4.78 is 25.8. The highest BCUT2D eigenvalue weighted by atomic mass is 32.2. The number of nitrogens with two attached hydrogens (primary N) is 1. The van der Waals surface area contributed by atoms with Gasteiger partial charge in [0.2, 0.25) is 11.8 Å². The number of unbranched alkanes of at least 4 members (excludes halogenated alkanes) is 2. The number of urea groups is 1. The third-order valence-electron chi connectivity index (χ3n) is 10.4. The molecule has 358 valence electrons. The molecule has 0 aromatic heterocycles. The van der Waals surface area contributed by atoms with E-state index in [0.717, 1.165) is 25.0 Å². The fraction of sp³-hybridized carbons (Fsp3) is 0.780. The third-order valence-corrected chi connectivity index (χ3v) is 12.0. The molecule has 2 rings (SSSR count). The summed E-state index contributed by atoms with van der Waals surface area (Å²) in [7, 11) is 0. The van der Waals surface area contributed by atoms with E-state index in [4.69, 9.17) is 34.5 Å². The van der Waals surface area contributed by atoms with Gasteiger partial charge in [0.15, 0.2) is 24.5 Å². The van der Waals surface area contributed by atoms with Crippen LogP contribution >= 0.6 is 11.8 Å². The second kappa shape index (κ2) is 30.8. The van der Waals surface area contributed by atoms with Crippen LogP contribution in [0.25, 0.3) is 0 Å². The van der Waals surface area contributed by atoms with Crippen LogP contribution in [0.3, 0.4) is 0 Å². The van der Waals surface area contributed by atoms with Gasteiger partial charge in [-0.25, -0.2) is 9.59 Å². The van der Waals surface area contributed by atoms with Gasteiger partial charge in [0.25, 0.3) is 0 Å². The minimum absolute atomic E-state index is 0.0387. The lowest BCUT2D eigenvalue weighted by Crippen LogP contribution is -2.42. The summed E-state index contributed by atoms with van der Waals surface area (Å²) in [6.07, 6.45) is 2.59. The number of ether oxygens (including phenoxy) is 5. The number of nitrogens with one attached hydrogen (secondary N) is 4. The number of hydrogen-bond acceptors (Lipinski definition) is 16. The first-order valence-electron chi connectivity index (χ1n) is 21.5. The van der Waals surface area contributed by atoms with Gasteiger partial charge in [-0.2, -0.15) is 11.8 Å². The van der Waals surface area contributed by atoms with Gasteiger partial charge in [-0.15, -0.1) is 0 Å². The Morgan fingerprint density at radius 1 is 0.746 bits per heavy atom. The molecule has 2 heterocycles. The number of carbonyl (C=O) groups is 9. The SMILES string of the molecule is C[C@H](CC(=O)[C@@H](CCCCN)NC(=O)CC[C@@H](CC(=O)[C@H](C)NC(=O)CCOCOCOCOCCCC(=O)CCCC[C@H]1SC[C@H]2NC(=O)N[C@H]21)C(=O)O)C(=O)O[C@@H](C)C(=O)O. The maximum Gasteiger partial charge on any atom is 0.344 e. The number of hydrogen-bond donors (Lipinski definition) is 7. The van der Waals surface area contributed by atoms with Crippen molar-refractivity contribution in [3.63, 3.8) is 0 Å². The Balaban J connectivity index is 1.54. The van der Waals surface area contributed by atoms with Gasteiger partial charge in [-0.05, 0) is 65.3 Å². The molecule has 2 aliphatic rings. The molecule has 0 spiro atoms. The third kappa shape index (κ3) is 22.8. The van der Waals surface area contributed by atoms with E-state index in [1.807, 2.05) is 11.8 Å². The lowest BCUT2D eigenvalue weighted by molar-refractivity contribution is -0.170. The Hall–Kier alpha value is -4.22. The second-order valence-corrected chi connectivity index (χ2v) is 17.0. The van der Waals surface area contributed by atoms with Crippen LogP contribution in [0.5, 0.6) is 0 Å². The molecular formula is C41H67N5O16S. The molecule has 0 saturated carbocycles. The van der Waals surface area contributed by atoms with Crippen LogP contribution in [0.1, 0.15) is 111 Å². The number of carbonyl (C=O) groups excluding carboxylic acids is 7. The smallest absolute Gasteiger partial charge is 0.344 e. The molecule has 2 fully saturated rings. The van der Waals surface area contributed by atoms with Gasteiger partial charge in [0, 0.05) is 49.7 Å². The maximum absolute atomic E-state index is 13.0. The van der Waals surface area contributed by atoms with Crippen LogP contribution in [-0.2, 0) is 62.0 Å². The number of carboxylic acid groups (broad SMARTS) is 2. The molecule has 0 bridgehead atoms. The zero-order valence-electron chi connectivity index (χ0n) is 36.6. The number of ketones is 3. The quantitative estimate of drug-likeness (QED) is 0.0201. The molecule has 2 saturated heterocycles. The lowest BCUT2D eigenvalue weighted by Gasteiger charge is -2.21. The Morgan fingerprint density at radius 2 is 1.41 bits per heavy atom. The predicted molar refractivity (Wildman–Crippen MR) is 226 cm³/mol. The molecule has 0 unspecified atom stereocenters. The average molecular weight is 918 g/mol. The molecule has 8 N–H and O–H groups in total. The average Bonchev–Trinajstić information content (AvgIpc) is 3.79. The van der Waals surface area contributed by atoms with Crippen LogP contribution in [0, 0.1) is 11.8 Å². The van der Waals surface area contributed by atoms with E-state index in [1.165, 1.54) is 20.8 Å². The minimum Gasteiger partial charge on any atom is -0.481 e. The number of carboxylic acids is 2. The summed E-state index contributed by atoms with van der Waals surface area (Å²) in [6.45, 7) is 4.28. The summed E-state index contributed by atoms with van der Waals surface area (Å²) in [5.74, 6) is -6.91. The van der Waals surface area contributed by atoms with Crippen molar-refractivity contribution in [1.82, 2.24) is 21.3 Å². The van der Waals surface area contributed by atoms with E-state index < -0.39 is 77.7 Å². The Bertz CT molecular complexity index is 1520. The first kappa shape index (κ1) is 54.9. The van der Waals surface area contributed by atoms with Gasteiger partial charge < -0.3 is 60.9 Å². The molecule has 0 aromatic rings. The molecule has 21 nitrogen and oxygen atoms in total. The van der Waals surface area contributed by atoms with Gasteiger partial charge in [-0.1, -0.05) is 13.3 Å². The Labute approximate surface area is 372 Å². The van der Waals surface area contributed by atoms with Crippen LogP contribution in [0.15, 0.2) is 0 Å². The second-order valence-electron chi connectivity index (χ2n) is 15.8. The minimum atomic E-state index is -1.41. The number of amides is 4. The monoisotopic (exact) mass is 917 g/mol. The van der Waals surface area contributed by atoms with Gasteiger partial charge in [-0.3, -0.25) is 33.6 Å². The number of thioether (sulfide) groups is 1. The number of rotatable bonds is 37. The normalized spacial score (nSPS) is 19.0. The fourth-order valence-corrected chi connectivity index (χ4v) is 8.25. The first-order chi connectivity index (χ1) is 30.0. The van der Waals surface area contributed by atoms with Crippen molar-refractivity contribution in [2.75, 3.05) is 45.9 Å². The molecule has 2 aliphatic heterocycles. The standard InChI is InChI=1S/C41H67N5O16S/c1-25(40(56)62-27(3)38(52)53)19-33(49)30(11-6-7-16-42)44-35(50)14-13-28(39(54)55)20-32(48)26(2)43-36(51)15-18-59-23-61-24-60-22-58-17-8-10-29(47)9-4-5-12-34-37-31(21-63-34)45-41(57)46-37/h25-28,30-31,34,37H,4-24,42H2,1-3H3,(H,43,51)(H,44,50)(H,52,53)(H,54,55)(H2,45,46,57)/t25-,26+,27+,28+,30-,31-,34-,37-/m1/s1. The van der Waals surface area contributed by atoms with Crippen molar-refractivity contribution in [1.29, 1.82) is 0 Å². The molecular weight excluding hydrogens is 851 g/mol. The van der Waals surface area contributed by atoms with Gasteiger partial charge in [0.1, 0.15) is 19.4 Å². The summed E-state index contributed by atoms with van der Waals surface area (Å²) in [5.41, 5.74) is 5.55. The first-order valence-corrected chi connectivity index (χ1v) is 22.6. The highest BCUT2D eigenvalue weighted by Gasteiger charge is 2.42. The lowest BCUT2D eigenvalue weighted by atomic mass is 9.93. The van der Waals surface area contributed by atoms with Crippen molar-refractivity contribution >= 4 is 64.9 Å². The Kier molecular flexibility index (Phi) is 26.8. The van der Waals surface area contributed by atoms with Gasteiger partial charge >= 0.3 is 23.9 Å². The molecule has 0 aromatic carbocycles. The molecule has 63 heavy (non-hydrogen) atoms. The van der Waals surface area contributed by atoms with E-state index in [2.05, 4.69) is 21.3 Å². The van der Waals surface area contributed by atoms with Crippen LogP contribution in [0.2, 0.25) is 0 Å². The topological polar surface area (TPSA) is 314 Å². The van der Waals surface area contributed by atoms with E-state index in [0.29, 0.717) is 50.5 Å². The number of aliphatic carboxylic acids is 2. The highest BCUT2D eigenvalue weighted by Crippen LogP contribution is 2.33. The van der Waals surface area contributed by atoms with E-state index in [9.17, 15) is 48.3 Å². The zero-order chi connectivity index (χ0) is 46.7. The van der Waals surface area contributed by atoms with Crippen molar-refractivity contribution in [2.45, 2.75) is 146 Å². The summed E-state index contributed by atoms with van der Waals surface area (Å²) in [6, 6.07) is -1.75. The largest absolute Gasteiger partial charge is 0.481 e. The van der Waals surface area contributed by atoms with Crippen molar-refractivity contribution < 1.29 is 77.0 Å². The fourth-order valence-electron chi connectivity index (χ4n) is 6.71. The van der Waals surface area contributed by atoms with Crippen molar-refractivity contribution in [3.05, 3.63) is 0 Å². The molecule has 0 radical (unpaired) electrons. The number of esters is 1. The summed E-state index contributed by atoms with van der Waals surface area (Å²) >= 11 is 1.87. The number of Topliss-reactive ketones (excluding diaryl/α,β-unsaturated/α-hetero) is 3. The molecule has 4 amide bonds. The predicted octanol–water partition coefficient (Wildman–Crippen LogP) is 1.56. The maximum atomic E-state index is 13.0. The van der Waals surface area contributed by atoms with Crippen LogP contribution < -0.4 is 27.0 Å². The van der Waals surface area contributed by atoms with Crippen LogP contribution in [-0.4, -0.2) is 145 Å². The zero-order valence-corrected chi connectivity index (χ0v) is 37.4. The van der Waals surface area contributed by atoms with Crippen molar-refractivity contribution in [2.24, 2.45) is 17.6 Å². The van der Waals surface area contributed by atoms with E-state index in [-0.39, 0.29) is 83.0 Å². The highest BCUT2D eigenvalue weighted by molar-refractivity contribution is 8.00. The number of fused-ring (bicyclic) bond motifs is 1. The van der Waals surface area contributed by atoms with Gasteiger partial charge in [0.05, 0.1) is 49.0 Å². The van der Waals surface area contributed by atoms with E-state index in [1.54, 1.807) is 0 Å². The van der Waals surface area contributed by atoms with Crippen molar-refractivity contribution in [3.8, 4) is 0 Å². The molecule has 0 aliphatic carbocycles. The summed E-state index contributed by atoms with van der Waals surface area (Å²) in [5, 5.41) is 30.1. The van der Waals surface area contributed by atoms with Crippen LogP contribution in [0.4, 0.5) is 4.79 Å². The van der Waals surface area contributed by atoms with E-state index >= 15 is 0 Å². The summed E-state index contributed by atoms with van der Waals surface area (Å²) in [4.78, 5) is 110. The Morgan fingerprint density at radius 3 is 2.10 bits per heavy atom. The molecule has 8 atom stereocenters.